The van der Waals surface area contributed by atoms with Crippen LogP contribution < -0.4 is 10.1 Å². The zero-order valence-electron chi connectivity index (χ0n) is 16.3. The van der Waals surface area contributed by atoms with Crippen LogP contribution in [-0.4, -0.2) is 63.5 Å². The van der Waals surface area contributed by atoms with Crippen molar-refractivity contribution in [2.24, 2.45) is 5.92 Å². The van der Waals surface area contributed by atoms with Crippen molar-refractivity contribution in [3.05, 3.63) is 42.5 Å². The van der Waals surface area contributed by atoms with Crippen molar-refractivity contribution < 1.29 is 14.3 Å². The molecule has 0 radical (unpaired) electrons. The van der Waals surface area contributed by atoms with Gasteiger partial charge in [-0.2, -0.15) is 0 Å². The SMILES string of the molecule is COc1ccc(-c2cc3nc(CCNC(=O)C4CC(=O)N(C)C4)nn3cn2)cc1. The first-order chi connectivity index (χ1) is 14.0. The summed E-state index contributed by atoms with van der Waals surface area (Å²) in [6.45, 7) is 0.889. The van der Waals surface area contributed by atoms with Crippen LogP contribution in [0.15, 0.2) is 36.7 Å². The number of benzene rings is 1. The number of carbonyl (C=O) groups is 2. The number of aromatic nitrogens is 4. The summed E-state index contributed by atoms with van der Waals surface area (Å²) in [5.41, 5.74) is 2.44. The Morgan fingerprint density at radius 2 is 2.10 bits per heavy atom. The number of ether oxygens (including phenoxy) is 1. The van der Waals surface area contributed by atoms with Crippen molar-refractivity contribution in [2.45, 2.75) is 12.8 Å². The molecule has 4 rings (SSSR count). The fraction of sp³-hybridized carbons (Fsp3) is 0.350. The minimum Gasteiger partial charge on any atom is -0.497 e. The molecule has 2 amide bonds. The van der Waals surface area contributed by atoms with E-state index in [0.29, 0.717) is 31.0 Å². The smallest absolute Gasteiger partial charge is 0.225 e. The minimum atomic E-state index is -0.280. The highest BCUT2D eigenvalue weighted by atomic mass is 16.5. The number of nitrogens with zero attached hydrogens (tertiary/aromatic N) is 5. The lowest BCUT2D eigenvalue weighted by atomic mass is 10.1. The molecule has 1 aromatic carbocycles. The molecule has 2 aromatic heterocycles. The lowest BCUT2D eigenvalue weighted by Gasteiger charge is -2.10. The minimum absolute atomic E-state index is 0.00679. The normalized spacial score (nSPS) is 16.4. The number of amides is 2. The van der Waals surface area contributed by atoms with Crippen molar-refractivity contribution in [1.29, 1.82) is 0 Å². The van der Waals surface area contributed by atoms with Crippen LogP contribution in [0.3, 0.4) is 0 Å². The first-order valence-electron chi connectivity index (χ1n) is 9.41. The van der Waals surface area contributed by atoms with Gasteiger partial charge in [-0.1, -0.05) is 0 Å². The molecule has 1 N–H and O–H groups in total. The molecule has 150 valence electrons. The maximum absolute atomic E-state index is 12.2. The molecule has 9 heteroatoms. The van der Waals surface area contributed by atoms with Gasteiger partial charge in [-0.25, -0.2) is 14.5 Å². The molecule has 9 nitrogen and oxygen atoms in total. The molecule has 1 atom stereocenters. The number of hydrogen-bond donors (Lipinski definition) is 1. The van der Waals surface area contributed by atoms with Crippen LogP contribution in [0, 0.1) is 5.92 Å². The molecule has 0 bridgehead atoms. The average molecular weight is 394 g/mol. The summed E-state index contributed by atoms with van der Waals surface area (Å²) in [6.07, 6.45) is 2.40. The summed E-state index contributed by atoms with van der Waals surface area (Å²) in [5.74, 6) is 1.04. The van der Waals surface area contributed by atoms with Crippen LogP contribution in [-0.2, 0) is 16.0 Å². The molecule has 1 unspecified atom stereocenters. The van der Waals surface area contributed by atoms with E-state index in [9.17, 15) is 9.59 Å². The van der Waals surface area contributed by atoms with Crippen molar-refractivity contribution >= 4 is 17.5 Å². The summed E-state index contributed by atoms with van der Waals surface area (Å²) in [4.78, 5) is 34.3. The zero-order chi connectivity index (χ0) is 20.4. The number of hydrogen-bond acceptors (Lipinski definition) is 6. The summed E-state index contributed by atoms with van der Waals surface area (Å²) in [7, 11) is 3.34. The van der Waals surface area contributed by atoms with E-state index in [4.69, 9.17) is 4.74 Å². The maximum atomic E-state index is 12.2. The lowest BCUT2D eigenvalue weighted by molar-refractivity contribution is -0.128. The molecule has 3 heterocycles. The summed E-state index contributed by atoms with van der Waals surface area (Å²) in [6, 6.07) is 9.52. The standard InChI is InChI=1S/C20H22N6O3/c1-25-11-14(9-19(25)27)20(28)21-8-7-17-23-18-10-16(22-12-26(18)24-17)13-3-5-15(29-2)6-4-13/h3-6,10,12,14H,7-9,11H2,1-2H3,(H,21,28). The third kappa shape index (κ3) is 4.03. The molecule has 1 fully saturated rings. The molecular weight excluding hydrogens is 372 g/mol. The Hall–Kier alpha value is -3.49. The van der Waals surface area contributed by atoms with E-state index in [-0.39, 0.29) is 24.2 Å². The molecule has 1 saturated heterocycles. The van der Waals surface area contributed by atoms with Gasteiger partial charge < -0.3 is 15.0 Å². The van der Waals surface area contributed by atoms with E-state index in [1.807, 2.05) is 30.3 Å². The molecular formula is C20H22N6O3. The third-order valence-corrected chi connectivity index (χ3v) is 5.02. The Balaban J connectivity index is 1.38. The van der Waals surface area contributed by atoms with Crippen LogP contribution in [0.5, 0.6) is 5.75 Å². The fourth-order valence-corrected chi connectivity index (χ4v) is 3.35. The Morgan fingerprint density at radius 1 is 1.31 bits per heavy atom. The molecule has 1 aliphatic rings. The number of nitrogens with one attached hydrogen (secondary N) is 1. The fourth-order valence-electron chi connectivity index (χ4n) is 3.35. The van der Waals surface area contributed by atoms with Crippen molar-refractivity contribution in [3.63, 3.8) is 0 Å². The van der Waals surface area contributed by atoms with E-state index < -0.39 is 0 Å². The van der Waals surface area contributed by atoms with Crippen LogP contribution in [0.2, 0.25) is 0 Å². The lowest BCUT2D eigenvalue weighted by Crippen LogP contribution is -2.33. The van der Waals surface area contributed by atoms with Crippen molar-refractivity contribution in [3.8, 4) is 17.0 Å². The molecule has 3 aromatic rings. The number of rotatable bonds is 6. The highest BCUT2D eigenvalue weighted by molar-refractivity contribution is 5.89. The Labute approximate surface area is 167 Å². The monoisotopic (exact) mass is 394 g/mol. The number of carbonyl (C=O) groups excluding carboxylic acids is 2. The van der Waals surface area contributed by atoms with Crippen molar-refractivity contribution in [1.82, 2.24) is 29.8 Å². The van der Waals surface area contributed by atoms with E-state index >= 15 is 0 Å². The van der Waals surface area contributed by atoms with Gasteiger partial charge in [0.1, 0.15) is 12.1 Å². The van der Waals surface area contributed by atoms with E-state index in [1.165, 1.54) is 0 Å². The number of fused-ring (bicyclic) bond motifs is 1. The van der Waals surface area contributed by atoms with Gasteiger partial charge in [0.15, 0.2) is 11.5 Å². The molecule has 1 aliphatic heterocycles. The molecule has 0 saturated carbocycles. The van der Waals surface area contributed by atoms with E-state index in [2.05, 4.69) is 20.4 Å². The Morgan fingerprint density at radius 3 is 2.79 bits per heavy atom. The van der Waals surface area contributed by atoms with Gasteiger partial charge in [-0.15, -0.1) is 5.10 Å². The van der Waals surface area contributed by atoms with Gasteiger partial charge in [0.25, 0.3) is 0 Å². The van der Waals surface area contributed by atoms with E-state index in [1.54, 1.807) is 29.9 Å². The second kappa shape index (κ2) is 7.86. The predicted molar refractivity (Wildman–Crippen MR) is 105 cm³/mol. The average Bonchev–Trinajstić information content (AvgIpc) is 3.30. The highest BCUT2D eigenvalue weighted by Gasteiger charge is 2.31. The molecule has 0 spiro atoms. The Kier molecular flexibility index (Phi) is 5.11. The van der Waals surface area contributed by atoms with Crippen LogP contribution in [0.25, 0.3) is 16.9 Å². The largest absolute Gasteiger partial charge is 0.497 e. The number of likely N-dealkylation sites (tertiary alicyclic amines) is 1. The molecule has 29 heavy (non-hydrogen) atoms. The second-order valence-electron chi connectivity index (χ2n) is 7.05. The van der Waals surface area contributed by atoms with Gasteiger partial charge in [-0.3, -0.25) is 9.59 Å². The quantitative estimate of drug-likeness (QED) is 0.668. The second-order valence-corrected chi connectivity index (χ2v) is 7.05. The predicted octanol–water partition coefficient (Wildman–Crippen LogP) is 0.937. The topological polar surface area (TPSA) is 102 Å². The van der Waals surface area contributed by atoms with Gasteiger partial charge >= 0.3 is 0 Å². The zero-order valence-corrected chi connectivity index (χ0v) is 16.3. The van der Waals surface area contributed by atoms with Crippen LogP contribution in [0.4, 0.5) is 0 Å². The Bertz CT molecular complexity index is 1050. The third-order valence-electron chi connectivity index (χ3n) is 5.02. The van der Waals surface area contributed by atoms with Gasteiger partial charge in [-0.05, 0) is 24.3 Å². The van der Waals surface area contributed by atoms with Crippen molar-refractivity contribution in [2.75, 3.05) is 27.2 Å². The summed E-state index contributed by atoms with van der Waals surface area (Å²) >= 11 is 0. The molecule has 0 aliphatic carbocycles. The maximum Gasteiger partial charge on any atom is 0.225 e. The first-order valence-corrected chi connectivity index (χ1v) is 9.41. The summed E-state index contributed by atoms with van der Waals surface area (Å²) in [5, 5.41) is 7.27. The summed E-state index contributed by atoms with van der Waals surface area (Å²) < 4.78 is 6.80. The first kappa shape index (κ1) is 18.9. The highest BCUT2D eigenvalue weighted by Crippen LogP contribution is 2.21. The van der Waals surface area contributed by atoms with E-state index in [0.717, 1.165) is 17.0 Å². The number of methoxy groups -OCH3 is 1. The van der Waals surface area contributed by atoms with Gasteiger partial charge in [0, 0.05) is 44.6 Å². The van der Waals surface area contributed by atoms with Crippen LogP contribution in [0.1, 0.15) is 12.2 Å². The van der Waals surface area contributed by atoms with Gasteiger partial charge in [0.2, 0.25) is 11.8 Å². The van der Waals surface area contributed by atoms with Gasteiger partial charge in [0.05, 0.1) is 18.7 Å². The van der Waals surface area contributed by atoms with Crippen LogP contribution >= 0.6 is 0 Å².